The molecule has 102 valence electrons. The van der Waals surface area contributed by atoms with E-state index < -0.39 is 0 Å². The Morgan fingerprint density at radius 3 is 2.65 bits per heavy atom. The number of hydrogen-bond donors (Lipinski definition) is 0. The number of nitriles is 1. The molecule has 0 aliphatic heterocycles. The Kier molecular flexibility index (Phi) is 4.75. The molecule has 0 N–H and O–H groups in total. The summed E-state index contributed by atoms with van der Waals surface area (Å²) in [6.45, 7) is 3.07. The lowest BCUT2D eigenvalue weighted by Crippen LogP contribution is -1.97. The summed E-state index contributed by atoms with van der Waals surface area (Å²) >= 11 is 0. The second-order valence-corrected chi connectivity index (χ2v) is 4.60. The minimum atomic E-state index is 0.536. The lowest BCUT2D eigenvalue weighted by molar-refractivity contribution is 0.106. The van der Waals surface area contributed by atoms with E-state index in [1.807, 2.05) is 49.4 Å². The average molecular weight is 267 g/mol. The molecule has 20 heavy (non-hydrogen) atoms. The van der Waals surface area contributed by atoms with E-state index in [-0.39, 0.29) is 0 Å². The van der Waals surface area contributed by atoms with E-state index in [0.29, 0.717) is 18.8 Å². The first kappa shape index (κ1) is 14.1. The van der Waals surface area contributed by atoms with Gasteiger partial charge in [-0.3, -0.25) is 0 Å². The molecule has 2 aromatic rings. The molecule has 2 aromatic carbocycles. The highest BCUT2D eigenvalue weighted by Crippen LogP contribution is 2.15. The Balaban J connectivity index is 1.94. The summed E-state index contributed by atoms with van der Waals surface area (Å²) in [5.74, 6) is 0.834. The van der Waals surface area contributed by atoms with Crippen molar-refractivity contribution in [2.45, 2.75) is 20.1 Å². The minimum Gasteiger partial charge on any atom is -0.497 e. The van der Waals surface area contributed by atoms with Gasteiger partial charge in [0.1, 0.15) is 5.75 Å². The van der Waals surface area contributed by atoms with Gasteiger partial charge in [0.2, 0.25) is 0 Å². The maximum atomic E-state index is 8.83. The van der Waals surface area contributed by atoms with Crippen molar-refractivity contribution >= 4 is 0 Å². The Hall–Kier alpha value is -2.31. The van der Waals surface area contributed by atoms with Gasteiger partial charge in [-0.25, -0.2) is 0 Å². The Labute approximate surface area is 119 Å². The molecule has 0 amide bonds. The third-order valence-electron chi connectivity index (χ3n) is 3.13. The van der Waals surface area contributed by atoms with Gasteiger partial charge in [0.15, 0.2) is 0 Å². The van der Waals surface area contributed by atoms with E-state index in [1.54, 1.807) is 7.11 Å². The molecular weight excluding hydrogens is 250 g/mol. The second-order valence-electron chi connectivity index (χ2n) is 4.60. The zero-order chi connectivity index (χ0) is 14.4. The molecule has 0 unspecified atom stereocenters. The second kappa shape index (κ2) is 6.74. The van der Waals surface area contributed by atoms with Crippen molar-refractivity contribution in [1.82, 2.24) is 0 Å². The van der Waals surface area contributed by atoms with Crippen molar-refractivity contribution in [2.75, 3.05) is 7.11 Å². The van der Waals surface area contributed by atoms with Crippen molar-refractivity contribution in [1.29, 1.82) is 5.26 Å². The fourth-order valence-electron chi connectivity index (χ4n) is 1.97. The number of rotatable bonds is 5. The van der Waals surface area contributed by atoms with Crippen molar-refractivity contribution < 1.29 is 9.47 Å². The summed E-state index contributed by atoms with van der Waals surface area (Å²) in [5, 5.41) is 8.83. The average Bonchev–Trinajstić information content (AvgIpc) is 2.49. The normalized spacial score (nSPS) is 10.1. The summed E-state index contributed by atoms with van der Waals surface area (Å²) in [6.07, 6.45) is 0. The highest BCUT2D eigenvalue weighted by molar-refractivity contribution is 5.37. The first-order chi connectivity index (χ1) is 9.72. The number of hydrogen-bond acceptors (Lipinski definition) is 3. The van der Waals surface area contributed by atoms with Gasteiger partial charge in [-0.15, -0.1) is 0 Å². The molecule has 2 rings (SSSR count). The molecule has 0 aliphatic carbocycles. The van der Waals surface area contributed by atoms with Gasteiger partial charge in [-0.2, -0.15) is 5.26 Å². The molecule has 0 saturated carbocycles. The Bertz CT molecular complexity index is 629. The van der Waals surface area contributed by atoms with Gasteiger partial charge in [-0.05, 0) is 47.9 Å². The predicted octanol–water partition coefficient (Wildman–Crippen LogP) is 3.59. The molecular formula is C17H17NO2. The van der Waals surface area contributed by atoms with Crippen LogP contribution in [0.2, 0.25) is 0 Å². The quantitative estimate of drug-likeness (QED) is 0.831. The smallest absolute Gasteiger partial charge is 0.119 e. The van der Waals surface area contributed by atoms with Crippen LogP contribution < -0.4 is 4.74 Å². The van der Waals surface area contributed by atoms with Crippen LogP contribution in [-0.4, -0.2) is 7.11 Å². The van der Waals surface area contributed by atoms with Crippen LogP contribution >= 0.6 is 0 Å². The third-order valence-corrected chi connectivity index (χ3v) is 3.13. The molecule has 0 atom stereocenters. The summed E-state index contributed by atoms with van der Waals surface area (Å²) in [4.78, 5) is 0. The number of methoxy groups -OCH3 is 1. The molecule has 0 saturated heterocycles. The summed E-state index contributed by atoms with van der Waals surface area (Å²) in [5.41, 5.74) is 3.94. The van der Waals surface area contributed by atoms with Crippen molar-refractivity contribution in [3.8, 4) is 11.8 Å². The molecule has 0 heterocycles. The maximum absolute atomic E-state index is 8.83. The maximum Gasteiger partial charge on any atom is 0.119 e. The van der Waals surface area contributed by atoms with Crippen LogP contribution in [0.3, 0.4) is 0 Å². The SMILES string of the molecule is COc1cccc(COCc2ccc(C#N)cc2C)c1. The Morgan fingerprint density at radius 2 is 1.95 bits per heavy atom. The topological polar surface area (TPSA) is 42.2 Å². The number of benzene rings is 2. The standard InChI is InChI=1S/C17H17NO2/c1-13-8-14(10-18)6-7-16(13)12-20-11-15-4-3-5-17(9-15)19-2/h3-9H,11-12H2,1-2H3. The van der Waals surface area contributed by atoms with E-state index in [0.717, 1.165) is 22.4 Å². The van der Waals surface area contributed by atoms with E-state index in [4.69, 9.17) is 14.7 Å². The molecule has 0 radical (unpaired) electrons. The molecule has 0 spiro atoms. The minimum absolute atomic E-state index is 0.536. The summed E-state index contributed by atoms with van der Waals surface area (Å²) in [6, 6.07) is 15.6. The van der Waals surface area contributed by atoms with E-state index in [1.165, 1.54) is 0 Å². The first-order valence-corrected chi connectivity index (χ1v) is 6.43. The van der Waals surface area contributed by atoms with Gasteiger partial charge < -0.3 is 9.47 Å². The largest absolute Gasteiger partial charge is 0.497 e. The zero-order valence-electron chi connectivity index (χ0n) is 11.7. The molecule has 0 bridgehead atoms. The highest BCUT2D eigenvalue weighted by Gasteiger charge is 2.01. The summed E-state index contributed by atoms with van der Waals surface area (Å²) in [7, 11) is 1.65. The molecule has 0 aromatic heterocycles. The number of ether oxygens (including phenoxy) is 2. The van der Waals surface area contributed by atoms with Crippen LogP contribution in [0.5, 0.6) is 5.75 Å². The molecule has 3 heteroatoms. The van der Waals surface area contributed by atoms with Crippen LogP contribution in [0.25, 0.3) is 0 Å². The number of aryl methyl sites for hydroxylation is 1. The molecule has 0 fully saturated rings. The monoisotopic (exact) mass is 267 g/mol. The van der Waals surface area contributed by atoms with Gasteiger partial charge in [0.05, 0.1) is 32.0 Å². The van der Waals surface area contributed by atoms with Crippen LogP contribution in [0.15, 0.2) is 42.5 Å². The van der Waals surface area contributed by atoms with Gasteiger partial charge in [-0.1, -0.05) is 18.2 Å². The highest BCUT2D eigenvalue weighted by atomic mass is 16.5. The zero-order valence-corrected chi connectivity index (χ0v) is 11.7. The fourth-order valence-corrected chi connectivity index (χ4v) is 1.97. The van der Waals surface area contributed by atoms with Crippen LogP contribution in [0.1, 0.15) is 22.3 Å². The predicted molar refractivity (Wildman–Crippen MR) is 77.4 cm³/mol. The van der Waals surface area contributed by atoms with Gasteiger partial charge >= 0.3 is 0 Å². The van der Waals surface area contributed by atoms with Gasteiger partial charge in [0, 0.05) is 0 Å². The molecule has 3 nitrogen and oxygen atoms in total. The Morgan fingerprint density at radius 1 is 1.10 bits per heavy atom. The third kappa shape index (κ3) is 3.59. The number of nitrogens with zero attached hydrogens (tertiary/aromatic N) is 1. The van der Waals surface area contributed by atoms with Crippen molar-refractivity contribution in [2.24, 2.45) is 0 Å². The van der Waals surface area contributed by atoms with Crippen molar-refractivity contribution in [3.05, 3.63) is 64.7 Å². The summed E-state index contributed by atoms with van der Waals surface area (Å²) < 4.78 is 10.9. The van der Waals surface area contributed by atoms with Gasteiger partial charge in [0.25, 0.3) is 0 Å². The lowest BCUT2D eigenvalue weighted by Gasteiger charge is -2.08. The van der Waals surface area contributed by atoms with Crippen LogP contribution in [0, 0.1) is 18.3 Å². The van der Waals surface area contributed by atoms with Crippen LogP contribution in [0.4, 0.5) is 0 Å². The van der Waals surface area contributed by atoms with E-state index in [9.17, 15) is 0 Å². The van der Waals surface area contributed by atoms with E-state index in [2.05, 4.69) is 6.07 Å². The van der Waals surface area contributed by atoms with Crippen LogP contribution in [-0.2, 0) is 18.0 Å². The molecule has 0 aliphatic rings. The fraction of sp³-hybridized carbons (Fsp3) is 0.235. The lowest BCUT2D eigenvalue weighted by atomic mass is 10.1. The van der Waals surface area contributed by atoms with Crippen molar-refractivity contribution in [3.63, 3.8) is 0 Å². The van der Waals surface area contributed by atoms with E-state index >= 15 is 0 Å². The first-order valence-electron chi connectivity index (χ1n) is 6.43.